The molecule has 104 valence electrons. The highest BCUT2D eigenvalue weighted by atomic mass is 32.9. The summed E-state index contributed by atoms with van der Waals surface area (Å²) < 4.78 is 14.9. The third-order valence-electron chi connectivity index (χ3n) is 1.84. The van der Waals surface area contributed by atoms with E-state index in [4.69, 9.17) is 36.2 Å². The maximum absolute atomic E-state index is 8.88. The second-order valence-electron chi connectivity index (χ2n) is 3.24. The van der Waals surface area contributed by atoms with Crippen LogP contribution in [0.3, 0.4) is 0 Å². The topological polar surface area (TPSA) is 87.0 Å². The van der Waals surface area contributed by atoms with E-state index in [1.54, 1.807) is 27.8 Å². The van der Waals surface area contributed by atoms with Crippen LogP contribution < -0.4 is 4.74 Å². The van der Waals surface area contributed by atoms with Gasteiger partial charge in [-0.3, -0.25) is 0 Å². The number of hydrogen-bond acceptors (Lipinski definition) is 5. The van der Waals surface area contributed by atoms with Gasteiger partial charge in [-0.05, 0) is 35.9 Å². The van der Waals surface area contributed by atoms with Gasteiger partial charge in [0.15, 0.2) is 0 Å². The van der Waals surface area contributed by atoms with Crippen molar-refractivity contribution in [3.63, 3.8) is 0 Å². The molecule has 0 saturated heterocycles. The summed E-state index contributed by atoms with van der Waals surface area (Å²) in [4.78, 5) is 22.8. The SMILES string of the molecule is COc1ccc(-c2cc(=S)ss2)cc1.O=P(O)(O)O. The van der Waals surface area contributed by atoms with E-state index >= 15 is 0 Å². The van der Waals surface area contributed by atoms with Crippen LogP contribution in [0.1, 0.15) is 0 Å². The summed E-state index contributed by atoms with van der Waals surface area (Å²) in [6.07, 6.45) is 0. The minimum atomic E-state index is -4.64. The molecule has 0 unspecified atom stereocenters. The molecule has 2 aromatic rings. The Balaban J connectivity index is 0.000000312. The summed E-state index contributed by atoms with van der Waals surface area (Å²) in [5.74, 6) is 0.882. The van der Waals surface area contributed by atoms with Crippen molar-refractivity contribution in [1.82, 2.24) is 0 Å². The van der Waals surface area contributed by atoms with Crippen molar-refractivity contribution in [2.75, 3.05) is 7.11 Å². The maximum Gasteiger partial charge on any atom is 0.466 e. The van der Waals surface area contributed by atoms with E-state index in [-0.39, 0.29) is 0 Å². The van der Waals surface area contributed by atoms with Crippen molar-refractivity contribution in [1.29, 1.82) is 0 Å². The van der Waals surface area contributed by atoms with Crippen LogP contribution >= 0.6 is 40.7 Å². The second kappa shape index (κ2) is 7.25. The van der Waals surface area contributed by atoms with Crippen LogP contribution in [0, 0.1) is 3.82 Å². The number of rotatable bonds is 2. The summed E-state index contributed by atoms with van der Waals surface area (Å²) >= 11 is 5.09. The van der Waals surface area contributed by atoms with E-state index in [1.807, 2.05) is 30.3 Å². The van der Waals surface area contributed by atoms with Crippen LogP contribution in [0.25, 0.3) is 10.4 Å². The molecule has 9 heteroatoms. The number of phosphoric acid groups is 1. The molecule has 0 aliphatic heterocycles. The lowest BCUT2D eigenvalue weighted by molar-refractivity contribution is 0.275. The second-order valence-corrected chi connectivity index (χ2v) is 7.17. The Morgan fingerprint density at radius 3 is 2.05 bits per heavy atom. The molecule has 19 heavy (non-hydrogen) atoms. The van der Waals surface area contributed by atoms with Gasteiger partial charge >= 0.3 is 7.82 Å². The van der Waals surface area contributed by atoms with Crippen molar-refractivity contribution in [3.05, 3.63) is 34.2 Å². The quantitative estimate of drug-likeness (QED) is 0.442. The Kier molecular flexibility index (Phi) is 6.28. The molecule has 2 rings (SSSR count). The number of ether oxygens (including phenoxy) is 1. The average molecular weight is 338 g/mol. The zero-order chi connectivity index (χ0) is 14.5. The summed E-state index contributed by atoms with van der Waals surface area (Å²) in [5.41, 5.74) is 1.20. The van der Waals surface area contributed by atoms with E-state index in [0.29, 0.717) is 0 Å². The molecule has 3 N–H and O–H groups in total. The molecule has 0 saturated carbocycles. The average Bonchev–Trinajstić information content (AvgIpc) is 2.74. The first-order chi connectivity index (χ1) is 8.79. The van der Waals surface area contributed by atoms with Gasteiger partial charge in [0.1, 0.15) is 9.57 Å². The molecule has 1 heterocycles. The minimum absolute atomic E-state index is 0.882. The number of methoxy groups -OCH3 is 1. The van der Waals surface area contributed by atoms with Gasteiger partial charge in [-0.25, -0.2) is 4.57 Å². The maximum atomic E-state index is 8.88. The summed E-state index contributed by atoms with van der Waals surface area (Å²) in [5, 5.41) is 0. The zero-order valence-corrected chi connectivity index (χ0v) is 13.1. The van der Waals surface area contributed by atoms with Gasteiger partial charge in [-0.15, -0.1) is 0 Å². The van der Waals surface area contributed by atoms with E-state index in [0.717, 1.165) is 9.57 Å². The zero-order valence-electron chi connectivity index (χ0n) is 9.72. The normalized spacial score (nSPS) is 10.5. The molecule has 0 bridgehead atoms. The fourth-order valence-corrected chi connectivity index (χ4v) is 3.53. The van der Waals surface area contributed by atoms with Crippen LogP contribution in [-0.2, 0) is 4.57 Å². The van der Waals surface area contributed by atoms with Gasteiger partial charge in [0.25, 0.3) is 0 Å². The predicted octanol–water partition coefficient (Wildman–Crippen LogP) is 3.29. The van der Waals surface area contributed by atoms with Crippen molar-refractivity contribution >= 4 is 40.7 Å². The molecule has 0 radical (unpaired) electrons. The van der Waals surface area contributed by atoms with Crippen LogP contribution in [-0.4, -0.2) is 21.8 Å². The molecule has 0 spiro atoms. The fourth-order valence-electron chi connectivity index (χ4n) is 1.13. The third-order valence-corrected chi connectivity index (χ3v) is 4.75. The molecule has 0 aliphatic rings. The third kappa shape index (κ3) is 6.93. The van der Waals surface area contributed by atoms with Gasteiger partial charge in [-0.1, -0.05) is 32.9 Å². The predicted molar refractivity (Wildman–Crippen MR) is 79.3 cm³/mol. The highest BCUT2D eigenvalue weighted by Crippen LogP contribution is 2.30. The summed E-state index contributed by atoms with van der Waals surface area (Å²) in [6.45, 7) is 0. The fraction of sp³-hybridized carbons (Fsp3) is 0.100. The van der Waals surface area contributed by atoms with E-state index in [1.165, 1.54) is 10.4 Å². The van der Waals surface area contributed by atoms with E-state index in [9.17, 15) is 0 Å². The summed E-state index contributed by atoms with van der Waals surface area (Å²) in [7, 11) is 0.379. The molecule has 0 atom stereocenters. The lowest BCUT2D eigenvalue weighted by atomic mass is 10.2. The monoisotopic (exact) mass is 338 g/mol. The molecule has 0 fully saturated rings. The Hall–Kier alpha value is -0.600. The van der Waals surface area contributed by atoms with Crippen molar-refractivity contribution in [3.8, 4) is 16.2 Å². The van der Waals surface area contributed by atoms with Crippen LogP contribution in [0.2, 0.25) is 0 Å². The summed E-state index contributed by atoms with van der Waals surface area (Å²) in [6, 6.07) is 10.1. The van der Waals surface area contributed by atoms with Gasteiger partial charge < -0.3 is 19.4 Å². The lowest BCUT2D eigenvalue weighted by Crippen LogP contribution is -1.81. The standard InChI is InChI=1S/C10H8OS3.H3O4P/c1-11-8-4-2-7(3-5-8)9-6-10(12)14-13-9;1-5(2,3)4/h2-6H,1H3;(H3,1,2,3,4). The molecule has 5 nitrogen and oxygen atoms in total. The Bertz CT molecular complexity index is 604. The first kappa shape index (κ1) is 16.5. The van der Waals surface area contributed by atoms with Crippen LogP contribution in [0.4, 0.5) is 0 Å². The Labute approximate surface area is 122 Å². The Morgan fingerprint density at radius 1 is 1.16 bits per heavy atom. The lowest BCUT2D eigenvalue weighted by Gasteiger charge is -2.00. The largest absolute Gasteiger partial charge is 0.497 e. The molecule has 0 aliphatic carbocycles. The van der Waals surface area contributed by atoms with Gasteiger partial charge in [0.2, 0.25) is 0 Å². The van der Waals surface area contributed by atoms with Crippen molar-refractivity contribution < 1.29 is 24.0 Å². The molecule has 0 amide bonds. The van der Waals surface area contributed by atoms with Gasteiger partial charge in [-0.2, -0.15) is 0 Å². The number of benzene rings is 1. The van der Waals surface area contributed by atoms with Gasteiger partial charge in [0.05, 0.1) is 7.11 Å². The van der Waals surface area contributed by atoms with Crippen LogP contribution in [0.15, 0.2) is 30.3 Å². The van der Waals surface area contributed by atoms with Gasteiger partial charge in [0, 0.05) is 4.88 Å². The first-order valence-corrected chi connectivity index (χ1v) is 8.95. The Morgan fingerprint density at radius 2 is 1.68 bits per heavy atom. The minimum Gasteiger partial charge on any atom is -0.497 e. The van der Waals surface area contributed by atoms with E-state index < -0.39 is 7.82 Å². The van der Waals surface area contributed by atoms with Crippen molar-refractivity contribution in [2.45, 2.75) is 0 Å². The molecule has 1 aromatic heterocycles. The molecular weight excluding hydrogens is 327 g/mol. The van der Waals surface area contributed by atoms with Crippen molar-refractivity contribution in [2.24, 2.45) is 0 Å². The highest BCUT2D eigenvalue weighted by molar-refractivity contribution is 7.80. The smallest absolute Gasteiger partial charge is 0.466 e. The first-order valence-electron chi connectivity index (χ1n) is 4.82. The van der Waals surface area contributed by atoms with E-state index in [2.05, 4.69) is 0 Å². The molecule has 1 aromatic carbocycles. The molecular formula is C10H11O5PS3. The number of hydrogen-bond donors (Lipinski definition) is 3. The highest BCUT2D eigenvalue weighted by Gasteiger charge is 2.00. The van der Waals surface area contributed by atoms with Crippen LogP contribution in [0.5, 0.6) is 5.75 Å².